The highest BCUT2D eigenvalue weighted by molar-refractivity contribution is 5.76. The fourth-order valence-corrected chi connectivity index (χ4v) is 13.1. The maximum absolute atomic E-state index is 13.0. The molecule has 7 N–H and O–H groups in total. The van der Waals surface area contributed by atoms with E-state index in [1.807, 2.05) is 0 Å². The first kappa shape index (κ1) is 39.1. The average molecular weight is 737 g/mol. The van der Waals surface area contributed by atoms with Crippen LogP contribution in [0.1, 0.15) is 106 Å². The molecule has 12 nitrogen and oxygen atoms in total. The van der Waals surface area contributed by atoms with Gasteiger partial charge in [-0.15, -0.1) is 0 Å². The van der Waals surface area contributed by atoms with E-state index in [-0.39, 0.29) is 53.3 Å². The molecule has 17 unspecified atom stereocenters. The molecule has 52 heavy (non-hydrogen) atoms. The number of carbonyl (C=O) groups is 1. The Morgan fingerprint density at radius 2 is 1.44 bits per heavy atom. The van der Waals surface area contributed by atoms with Gasteiger partial charge in [-0.1, -0.05) is 53.2 Å². The monoisotopic (exact) mass is 736 g/mol. The number of aliphatic hydroxyl groups is 6. The van der Waals surface area contributed by atoms with E-state index in [1.165, 1.54) is 5.57 Å². The van der Waals surface area contributed by atoms with Crippen LogP contribution < -0.4 is 0 Å². The van der Waals surface area contributed by atoms with Gasteiger partial charge in [-0.05, 0) is 104 Å². The molecule has 296 valence electrons. The fraction of sp³-hybridized carbons (Fsp3) is 0.925. The van der Waals surface area contributed by atoms with Gasteiger partial charge < -0.3 is 54.7 Å². The van der Waals surface area contributed by atoms with E-state index >= 15 is 0 Å². The van der Waals surface area contributed by atoms with Crippen molar-refractivity contribution in [2.75, 3.05) is 19.8 Å². The van der Waals surface area contributed by atoms with Crippen molar-refractivity contribution in [3.8, 4) is 0 Å². The number of ether oxygens (including phenoxy) is 4. The van der Waals surface area contributed by atoms with Crippen molar-refractivity contribution in [2.24, 2.45) is 50.2 Å². The lowest BCUT2D eigenvalue weighted by Gasteiger charge is -2.71. The number of allylic oxidation sites excluding steroid dienone is 2. The summed E-state index contributed by atoms with van der Waals surface area (Å²) in [5.74, 6) is -0.157. The molecule has 4 saturated carbocycles. The molecule has 0 aromatic rings. The third-order valence-electron chi connectivity index (χ3n) is 16.6. The van der Waals surface area contributed by atoms with E-state index in [4.69, 9.17) is 18.9 Å². The molecule has 0 amide bonds. The summed E-state index contributed by atoms with van der Waals surface area (Å²) in [6.07, 6.45) is -0.635. The number of hydrogen-bond acceptors (Lipinski definition) is 11. The lowest BCUT2D eigenvalue weighted by Crippen LogP contribution is -2.67. The molecule has 2 aliphatic heterocycles. The minimum Gasteiger partial charge on any atom is -0.481 e. The van der Waals surface area contributed by atoms with Crippen molar-refractivity contribution in [3.63, 3.8) is 0 Å². The molecule has 17 atom stereocenters. The van der Waals surface area contributed by atoms with E-state index in [2.05, 4.69) is 47.6 Å². The Morgan fingerprint density at radius 3 is 2.12 bits per heavy atom. The first-order valence-electron chi connectivity index (χ1n) is 19.8. The average Bonchev–Trinajstić information content (AvgIpc) is 3.08. The first-order chi connectivity index (χ1) is 24.3. The van der Waals surface area contributed by atoms with Crippen LogP contribution in [0, 0.1) is 50.2 Å². The van der Waals surface area contributed by atoms with Crippen molar-refractivity contribution in [2.45, 2.75) is 161 Å². The van der Waals surface area contributed by atoms with Crippen molar-refractivity contribution < 1.29 is 59.5 Å². The molecule has 0 spiro atoms. The van der Waals surface area contributed by atoms with E-state index in [0.717, 1.165) is 51.4 Å². The number of aliphatic carboxylic acids is 1. The molecule has 0 bridgehead atoms. The highest BCUT2D eigenvalue weighted by Gasteiger charge is 2.70. The molecule has 7 aliphatic rings. The highest BCUT2D eigenvalue weighted by Crippen LogP contribution is 2.76. The quantitative estimate of drug-likeness (QED) is 0.156. The summed E-state index contributed by atoms with van der Waals surface area (Å²) in [6.45, 7) is 13.3. The molecule has 0 aromatic heterocycles. The Balaban J connectivity index is 1.12. The predicted molar refractivity (Wildman–Crippen MR) is 187 cm³/mol. The van der Waals surface area contributed by atoms with Gasteiger partial charge in [0, 0.05) is 5.41 Å². The van der Waals surface area contributed by atoms with Gasteiger partial charge in [0.25, 0.3) is 0 Å². The number of aliphatic hydroxyl groups excluding tert-OH is 6. The maximum Gasteiger partial charge on any atom is 0.310 e. The summed E-state index contributed by atoms with van der Waals surface area (Å²) in [5.41, 5.74) is -0.166. The van der Waals surface area contributed by atoms with Crippen LogP contribution in [-0.4, -0.2) is 117 Å². The largest absolute Gasteiger partial charge is 0.481 e. The minimum atomic E-state index is -1.59. The fourth-order valence-electron chi connectivity index (χ4n) is 13.1. The second-order valence-electron chi connectivity index (χ2n) is 19.6. The van der Waals surface area contributed by atoms with E-state index in [9.17, 15) is 40.5 Å². The van der Waals surface area contributed by atoms with Gasteiger partial charge in [-0.25, -0.2) is 0 Å². The van der Waals surface area contributed by atoms with Gasteiger partial charge in [-0.2, -0.15) is 0 Å². The lowest BCUT2D eigenvalue weighted by molar-refractivity contribution is -0.348. The van der Waals surface area contributed by atoms with Crippen LogP contribution in [0.15, 0.2) is 11.6 Å². The normalized spacial score (nSPS) is 54.5. The Kier molecular flexibility index (Phi) is 9.92. The molecule has 0 radical (unpaired) electrons. The smallest absolute Gasteiger partial charge is 0.310 e. The van der Waals surface area contributed by atoms with Crippen molar-refractivity contribution in [1.82, 2.24) is 0 Å². The third-order valence-corrected chi connectivity index (χ3v) is 16.6. The van der Waals surface area contributed by atoms with Crippen LogP contribution in [0.2, 0.25) is 0 Å². The van der Waals surface area contributed by atoms with Gasteiger partial charge >= 0.3 is 5.97 Å². The van der Waals surface area contributed by atoms with Gasteiger partial charge in [0.05, 0.1) is 31.3 Å². The maximum atomic E-state index is 13.0. The molecular formula is C40H64O12. The number of hydrogen-bond donors (Lipinski definition) is 7. The van der Waals surface area contributed by atoms with Crippen LogP contribution in [0.25, 0.3) is 0 Å². The molecular weight excluding hydrogens is 672 g/mol. The molecule has 2 saturated heterocycles. The first-order valence-corrected chi connectivity index (χ1v) is 19.8. The number of rotatable bonds is 6. The third kappa shape index (κ3) is 5.63. The second-order valence-corrected chi connectivity index (χ2v) is 19.6. The number of carboxylic acids is 1. The van der Waals surface area contributed by atoms with E-state index in [1.54, 1.807) is 0 Å². The second kappa shape index (κ2) is 13.2. The zero-order valence-corrected chi connectivity index (χ0v) is 31.9. The van der Waals surface area contributed by atoms with Gasteiger partial charge in [-0.3, -0.25) is 4.79 Å². The lowest BCUT2D eigenvalue weighted by atomic mass is 9.33. The summed E-state index contributed by atoms with van der Waals surface area (Å²) in [7, 11) is 0. The number of carboxylic acid groups (broad SMARTS) is 1. The zero-order chi connectivity index (χ0) is 37.8. The van der Waals surface area contributed by atoms with E-state index in [0.29, 0.717) is 18.8 Å². The Hall–Kier alpha value is -1.19. The minimum absolute atomic E-state index is 0.0421. The molecule has 12 heteroatoms. The highest BCUT2D eigenvalue weighted by atomic mass is 16.7. The summed E-state index contributed by atoms with van der Waals surface area (Å²) >= 11 is 0. The summed E-state index contributed by atoms with van der Waals surface area (Å²) in [5, 5.41) is 74.4. The van der Waals surface area contributed by atoms with Crippen molar-refractivity contribution in [3.05, 3.63) is 11.6 Å². The molecule has 5 aliphatic carbocycles. The van der Waals surface area contributed by atoms with Gasteiger partial charge in [0.1, 0.15) is 36.6 Å². The van der Waals surface area contributed by atoms with Crippen LogP contribution in [-0.2, 0) is 23.7 Å². The summed E-state index contributed by atoms with van der Waals surface area (Å²) < 4.78 is 23.5. The zero-order valence-electron chi connectivity index (χ0n) is 31.9. The van der Waals surface area contributed by atoms with Gasteiger partial charge in [0.2, 0.25) is 0 Å². The topological polar surface area (TPSA) is 196 Å². The molecule has 0 aromatic carbocycles. The summed E-state index contributed by atoms with van der Waals surface area (Å²) in [4.78, 5) is 13.0. The predicted octanol–water partition coefficient (Wildman–Crippen LogP) is 3.13. The van der Waals surface area contributed by atoms with Gasteiger partial charge in [0.15, 0.2) is 12.6 Å². The van der Waals surface area contributed by atoms with E-state index < -0.39 is 72.1 Å². The Bertz CT molecular complexity index is 1400. The Labute approximate surface area is 307 Å². The summed E-state index contributed by atoms with van der Waals surface area (Å²) in [6, 6.07) is 0. The molecule has 7 rings (SSSR count). The molecule has 2 heterocycles. The van der Waals surface area contributed by atoms with Crippen LogP contribution in [0.4, 0.5) is 0 Å². The SMILES string of the molecule is CC1(C)CCC2(C(=O)O)CCC3(C)C(=CCC4C5(C)CCC(OC6OCC(O)C(OC7OCC(O)C(O)C7O)C6O)C(C)(CO)C5CCC43C)C2C1. The molecule has 6 fully saturated rings. The number of fused-ring (bicyclic) bond motifs is 7. The van der Waals surface area contributed by atoms with Crippen LogP contribution in [0.5, 0.6) is 0 Å². The van der Waals surface area contributed by atoms with Crippen LogP contribution >= 0.6 is 0 Å². The standard InChI is InChI=1S/C40H64O12/c1-35(2)13-15-40(34(47)48)16-14-38(5)21(22(40)17-35)7-8-26-36(3)11-10-27(37(4,20-41)25(36)9-12-39(26,38)6)51-33-30(46)31(24(43)19-50-33)52-32-29(45)28(44)23(42)18-49-32/h7,22-33,41-46H,8-20H2,1-6H3,(H,47,48). The van der Waals surface area contributed by atoms with Crippen molar-refractivity contribution in [1.29, 1.82) is 0 Å². The Morgan fingerprint density at radius 1 is 0.788 bits per heavy atom. The van der Waals surface area contributed by atoms with Crippen LogP contribution in [0.3, 0.4) is 0 Å². The van der Waals surface area contributed by atoms with Crippen molar-refractivity contribution >= 4 is 5.97 Å².